The molecular weight excluding hydrogens is 296 g/mol. The van der Waals surface area contributed by atoms with Gasteiger partial charge in [-0.05, 0) is 37.6 Å². The van der Waals surface area contributed by atoms with E-state index in [0.29, 0.717) is 13.1 Å². The largest absolute Gasteiger partial charge is 0.497 e. The van der Waals surface area contributed by atoms with Gasteiger partial charge in [0.25, 0.3) is 0 Å². The van der Waals surface area contributed by atoms with Gasteiger partial charge in [-0.3, -0.25) is 14.5 Å². The van der Waals surface area contributed by atoms with Crippen LogP contribution in [0.5, 0.6) is 5.75 Å². The van der Waals surface area contributed by atoms with Crippen molar-refractivity contribution in [1.82, 2.24) is 9.80 Å². The molecule has 1 heterocycles. The standard InChI is InChI=1S/C17H22N2O4/c1-18-9-10-19(11-14(18)15(20)21)16(22)17(7-8-17)12-3-5-13(23-2)6-4-12/h3-6,14H,7-11H2,1-2H3,(H,20,21)/t14-/m1/s1. The summed E-state index contributed by atoms with van der Waals surface area (Å²) < 4.78 is 5.17. The van der Waals surface area contributed by atoms with E-state index in [-0.39, 0.29) is 12.5 Å². The van der Waals surface area contributed by atoms with Crippen molar-refractivity contribution in [2.45, 2.75) is 24.3 Å². The van der Waals surface area contributed by atoms with Crippen LogP contribution in [-0.4, -0.2) is 66.6 Å². The van der Waals surface area contributed by atoms with Crippen LogP contribution in [0.15, 0.2) is 24.3 Å². The van der Waals surface area contributed by atoms with E-state index in [1.54, 1.807) is 24.0 Å². The van der Waals surface area contributed by atoms with Crippen LogP contribution in [0.4, 0.5) is 0 Å². The third kappa shape index (κ3) is 2.79. The Bertz CT molecular complexity index is 610. The van der Waals surface area contributed by atoms with Crippen molar-refractivity contribution in [3.8, 4) is 5.75 Å². The van der Waals surface area contributed by atoms with Crippen molar-refractivity contribution in [1.29, 1.82) is 0 Å². The van der Waals surface area contributed by atoms with Gasteiger partial charge in [0.2, 0.25) is 5.91 Å². The zero-order chi connectivity index (χ0) is 16.6. The number of carbonyl (C=O) groups excluding carboxylic acids is 1. The minimum Gasteiger partial charge on any atom is -0.497 e. The molecule has 0 bridgehead atoms. The molecule has 6 nitrogen and oxygen atoms in total. The van der Waals surface area contributed by atoms with Crippen LogP contribution in [0.25, 0.3) is 0 Å². The molecule has 1 aliphatic carbocycles. The van der Waals surface area contributed by atoms with Crippen molar-refractivity contribution in [3.63, 3.8) is 0 Å². The Balaban J connectivity index is 1.77. The maximum atomic E-state index is 13.0. The smallest absolute Gasteiger partial charge is 0.322 e. The second-order valence-corrected chi connectivity index (χ2v) is 6.40. The van der Waals surface area contributed by atoms with Crippen LogP contribution in [0.2, 0.25) is 0 Å². The quantitative estimate of drug-likeness (QED) is 0.895. The summed E-state index contributed by atoms with van der Waals surface area (Å²) in [6.07, 6.45) is 1.64. The normalized spacial score (nSPS) is 23.4. The highest BCUT2D eigenvalue weighted by Gasteiger charge is 2.53. The fourth-order valence-electron chi connectivity index (χ4n) is 3.29. The molecule has 1 aromatic rings. The second kappa shape index (κ2) is 5.85. The molecule has 3 rings (SSSR count). The van der Waals surface area contributed by atoms with Crippen molar-refractivity contribution < 1.29 is 19.4 Å². The first kappa shape index (κ1) is 15.8. The zero-order valence-corrected chi connectivity index (χ0v) is 13.5. The Hall–Kier alpha value is -2.08. The van der Waals surface area contributed by atoms with Crippen LogP contribution in [-0.2, 0) is 15.0 Å². The predicted octanol–water partition coefficient (Wildman–Crippen LogP) is 0.954. The number of hydrogen-bond acceptors (Lipinski definition) is 4. The number of aliphatic carboxylic acids is 1. The Labute approximate surface area is 135 Å². The first-order valence-electron chi connectivity index (χ1n) is 7.85. The molecule has 23 heavy (non-hydrogen) atoms. The fraction of sp³-hybridized carbons (Fsp3) is 0.529. The Morgan fingerprint density at radius 2 is 1.87 bits per heavy atom. The molecule has 0 aromatic heterocycles. The summed E-state index contributed by atoms with van der Waals surface area (Å²) >= 11 is 0. The first-order valence-corrected chi connectivity index (χ1v) is 7.85. The Kier molecular flexibility index (Phi) is 4.02. The zero-order valence-electron chi connectivity index (χ0n) is 13.5. The lowest BCUT2D eigenvalue weighted by Crippen LogP contribution is -2.57. The summed E-state index contributed by atoms with van der Waals surface area (Å²) in [5, 5.41) is 9.31. The second-order valence-electron chi connectivity index (χ2n) is 6.40. The molecule has 0 spiro atoms. The first-order chi connectivity index (χ1) is 11.0. The highest BCUT2D eigenvalue weighted by Crippen LogP contribution is 2.50. The van der Waals surface area contributed by atoms with Gasteiger partial charge in [0.15, 0.2) is 0 Å². The molecule has 1 N–H and O–H groups in total. The van der Waals surface area contributed by atoms with E-state index >= 15 is 0 Å². The maximum Gasteiger partial charge on any atom is 0.322 e. The van der Waals surface area contributed by atoms with Crippen LogP contribution in [0.1, 0.15) is 18.4 Å². The van der Waals surface area contributed by atoms with Gasteiger partial charge in [-0.2, -0.15) is 0 Å². The summed E-state index contributed by atoms with van der Waals surface area (Å²) in [7, 11) is 3.40. The van der Waals surface area contributed by atoms with Gasteiger partial charge in [-0.25, -0.2) is 0 Å². The highest BCUT2D eigenvalue weighted by molar-refractivity contribution is 5.92. The maximum absolute atomic E-state index is 13.0. The third-order valence-electron chi connectivity index (χ3n) is 5.02. The van der Waals surface area contributed by atoms with Gasteiger partial charge in [0.05, 0.1) is 12.5 Å². The van der Waals surface area contributed by atoms with Gasteiger partial charge < -0.3 is 14.7 Å². The van der Waals surface area contributed by atoms with E-state index in [2.05, 4.69) is 0 Å². The van der Waals surface area contributed by atoms with Crippen LogP contribution < -0.4 is 4.74 Å². The molecule has 0 unspecified atom stereocenters. The molecule has 1 saturated heterocycles. The number of hydrogen-bond donors (Lipinski definition) is 1. The SMILES string of the molecule is COc1ccc(C2(C(=O)N3CCN(C)[C@@H](C(=O)O)C3)CC2)cc1. The van der Waals surface area contributed by atoms with Crippen LogP contribution in [0.3, 0.4) is 0 Å². The highest BCUT2D eigenvalue weighted by atomic mass is 16.5. The van der Waals surface area contributed by atoms with Crippen molar-refractivity contribution in [2.24, 2.45) is 0 Å². The molecule has 1 aliphatic heterocycles. The van der Waals surface area contributed by atoms with Gasteiger partial charge in [-0.1, -0.05) is 12.1 Å². The van der Waals surface area contributed by atoms with Gasteiger partial charge in [0.1, 0.15) is 11.8 Å². The summed E-state index contributed by atoms with van der Waals surface area (Å²) in [5.41, 5.74) is 0.528. The molecule has 1 atom stereocenters. The van der Waals surface area contributed by atoms with E-state index in [1.165, 1.54) is 0 Å². The lowest BCUT2D eigenvalue weighted by molar-refractivity contribution is -0.148. The Morgan fingerprint density at radius 1 is 1.22 bits per heavy atom. The third-order valence-corrected chi connectivity index (χ3v) is 5.02. The number of likely N-dealkylation sites (N-methyl/N-ethyl adjacent to an activating group) is 1. The average Bonchev–Trinajstić information content (AvgIpc) is 3.36. The minimum atomic E-state index is -0.876. The number of rotatable bonds is 4. The Morgan fingerprint density at radius 3 is 2.39 bits per heavy atom. The van der Waals surface area contributed by atoms with Gasteiger partial charge >= 0.3 is 5.97 Å². The number of nitrogens with zero attached hydrogens (tertiary/aromatic N) is 2. The predicted molar refractivity (Wildman–Crippen MR) is 84.5 cm³/mol. The number of ether oxygens (including phenoxy) is 1. The van der Waals surface area contributed by atoms with Gasteiger partial charge in [-0.15, -0.1) is 0 Å². The molecule has 124 valence electrons. The molecule has 0 radical (unpaired) electrons. The lowest BCUT2D eigenvalue weighted by Gasteiger charge is -2.38. The number of methoxy groups -OCH3 is 1. The number of benzene rings is 1. The fourth-order valence-corrected chi connectivity index (χ4v) is 3.29. The summed E-state index contributed by atoms with van der Waals surface area (Å²) in [4.78, 5) is 27.8. The molecule has 6 heteroatoms. The van der Waals surface area contributed by atoms with E-state index in [4.69, 9.17) is 4.74 Å². The van der Waals surface area contributed by atoms with Crippen LogP contribution in [0, 0.1) is 0 Å². The van der Waals surface area contributed by atoms with Crippen molar-refractivity contribution in [2.75, 3.05) is 33.8 Å². The number of amides is 1. The number of piperazine rings is 1. The molecule has 1 aromatic carbocycles. The monoisotopic (exact) mass is 318 g/mol. The molecule has 1 amide bonds. The number of carboxylic acid groups (broad SMARTS) is 1. The van der Waals surface area contributed by atoms with E-state index in [0.717, 1.165) is 24.2 Å². The van der Waals surface area contributed by atoms with E-state index < -0.39 is 17.4 Å². The molecular formula is C17H22N2O4. The molecule has 2 aliphatic rings. The van der Waals surface area contributed by atoms with Gasteiger partial charge in [0, 0.05) is 19.6 Å². The van der Waals surface area contributed by atoms with E-state index in [9.17, 15) is 14.7 Å². The molecule has 1 saturated carbocycles. The number of carbonyl (C=O) groups is 2. The summed E-state index contributed by atoms with van der Waals surface area (Å²) in [6.45, 7) is 1.42. The van der Waals surface area contributed by atoms with Crippen molar-refractivity contribution in [3.05, 3.63) is 29.8 Å². The average molecular weight is 318 g/mol. The summed E-state index contributed by atoms with van der Waals surface area (Å²) in [5.74, 6) is -0.0520. The minimum absolute atomic E-state index is 0.0574. The topological polar surface area (TPSA) is 70.1 Å². The number of carboxylic acids is 1. The molecule has 2 fully saturated rings. The summed E-state index contributed by atoms with van der Waals surface area (Å²) in [6, 6.07) is 6.99. The van der Waals surface area contributed by atoms with Crippen molar-refractivity contribution >= 4 is 11.9 Å². The lowest BCUT2D eigenvalue weighted by atomic mass is 9.93. The van der Waals surface area contributed by atoms with Crippen LogP contribution >= 0.6 is 0 Å². The van der Waals surface area contributed by atoms with E-state index in [1.807, 2.05) is 24.3 Å².